The number of aliphatic hydroxyl groups is 1. The van der Waals surface area contributed by atoms with Crippen LogP contribution in [-0.4, -0.2) is 41.0 Å². The molecule has 150 valence electrons. The summed E-state index contributed by atoms with van der Waals surface area (Å²) in [6.45, 7) is 0.326. The zero-order valence-electron chi connectivity index (χ0n) is 15.6. The molecule has 1 aromatic carbocycles. The Morgan fingerprint density at radius 3 is 2.71 bits per heavy atom. The molecule has 2 aliphatic rings. The first-order chi connectivity index (χ1) is 13.6. The summed E-state index contributed by atoms with van der Waals surface area (Å²) in [6.07, 6.45) is 3.82. The normalized spacial score (nSPS) is 25.3. The largest absolute Gasteiger partial charge is 0.390 e. The Morgan fingerprint density at radius 2 is 2.00 bits per heavy atom. The minimum absolute atomic E-state index is 0.0598. The molecule has 0 radical (unpaired) electrons. The molecule has 0 unspecified atom stereocenters. The first-order valence-corrected chi connectivity index (χ1v) is 9.91. The lowest BCUT2D eigenvalue weighted by molar-refractivity contribution is -0.133. The smallest absolute Gasteiger partial charge is 0.223 e. The molecule has 0 spiro atoms. The number of ether oxygens (including phenoxy) is 1. The Labute approximate surface area is 163 Å². The summed E-state index contributed by atoms with van der Waals surface area (Å²) >= 11 is 0. The molecule has 4 rings (SSSR count). The average Bonchev–Trinajstić information content (AvgIpc) is 3.10. The maximum atomic E-state index is 13.1. The van der Waals surface area contributed by atoms with Gasteiger partial charge in [0.2, 0.25) is 5.91 Å². The van der Waals surface area contributed by atoms with Crippen LogP contribution in [0, 0.1) is 11.7 Å². The molecule has 2 fully saturated rings. The molecule has 1 aliphatic carbocycles. The Balaban J connectivity index is 1.32. The number of amides is 1. The van der Waals surface area contributed by atoms with Crippen molar-refractivity contribution in [2.24, 2.45) is 5.92 Å². The molecular formula is C21H25FN2O4. The second kappa shape index (κ2) is 8.41. The van der Waals surface area contributed by atoms with E-state index in [-0.39, 0.29) is 23.7 Å². The van der Waals surface area contributed by atoms with Crippen LogP contribution in [0.1, 0.15) is 37.8 Å². The number of aliphatic hydroxyl groups excluding tert-OH is 1. The van der Waals surface area contributed by atoms with Gasteiger partial charge in [0.25, 0.3) is 0 Å². The van der Waals surface area contributed by atoms with E-state index in [9.17, 15) is 14.3 Å². The van der Waals surface area contributed by atoms with E-state index in [1.165, 1.54) is 12.1 Å². The lowest BCUT2D eigenvalue weighted by Crippen LogP contribution is -2.48. The number of carbonyl (C=O) groups excluding carboxylic acids is 1. The summed E-state index contributed by atoms with van der Waals surface area (Å²) in [5, 5.41) is 17.2. The topological polar surface area (TPSA) is 84.6 Å². The van der Waals surface area contributed by atoms with Crippen molar-refractivity contribution in [2.45, 2.75) is 56.8 Å². The van der Waals surface area contributed by atoms with Crippen LogP contribution in [0.15, 0.2) is 34.9 Å². The molecule has 1 saturated carbocycles. The number of aromatic nitrogens is 1. The monoisotopic (exact) mass is 388 g/mol. The summed E-state index contributed by atoms with van der Waals surface area (Å²) in [7, 11) is 0. The van der Waals surface area contributed by atoms with Crippen molar-refractivity contribution in [2.75, 3.05) is 6.54 Å². The first-order valence-electron chi connectivity index (χ1n) is 9.91. The fraction of sp³-hybridized carbons (Fsp3) is 0.524. The van der Waals surface area contributed by atoms with Crippen LogP contribution < -0.4 is 5.32 Å². The SMILES string of the molecule is O=C(NC[C@H]1O[C@H](Cc2cc(-c3ccc(F)cc3)on2)CC[C@@H]1O)C1CCC1. The zero-order chi connectivity index (χ0) is 19.5. The number of benzene rings is 1. The molecule has 0 bridgehead atoms. The van der Waals surface area contributed by atoms with E-state index in [1.54, 1.807) is 12.1 Å². The van der Waals surface area contributed by atoms with Gasteiger partial charge in [-0.3, -0.25) is 4.79 Å². The van der Waals surface area contributed by atoms with Crippen LogP contribution in [0.3, 0.4) is 0 Å². The standard InChI is InChI=1S/C21H25FN2O4/c22-15-6-4-13(5-7-15)19-11-16(24-28-19)10-17-8-9-18(25)20(27-17)12-23-21(26)14-2-1-3-14/h4-7,11,14,17-18,20,25H,1-3,8-10,12H2,(H,23,26)/t17-,18-,20+/m0/s1. The molecule has 1 amide bonds. The third-order valence-corrected chi connectivity index (χ3v) is 5.66. The molecule has 3 atom stereocenters. The molecule has 2 N–H and O–H groups in total. The third kappa shape index (κ3) is 4.42. The van der Waals surface area contributed by atoms with Gasteiger partial charge in [0.15, 0.2) is 5.76 Å². The molecular weight excluding hydrogens is 363 g/mol. The van der Waals surface area contributed by atoms with Crippen molar-refractivity contribution in [3.05, 3.63) is 41.8 Å². The number of nitrogens with zero attached hydrogens (tertiary/aromatic N) is 1. The highest BCUT2D eigenvalue weighted by atomic mass is 19.1. The summed E-state index contributed by atoms with van der Waals surface area (Å²) in [6, 6.07) is 7.88. The van der Waals surface area contributed by atoms with Gasteiger partial charge in [-0.2, -0.15) is 0 Å². The lowest BCUT2D eigenvalue weighted by Gasteiger charge is -2.34. The molecule has 2 heterocycles. The number of carbonyl (C=O) groups is 1. The Morgan fingerprint density at radius 1 is 1.21 bits per heavy atom. The van der Waals surface area contributed by atoms with Crippen LogP contribution in [0.4, 0.5) is 4.39 Å². The first kappa shape index (κ1) is 19.1. The van der Waals surface area contributed by atoms with Gasteiger partial charge in [-0.25, -0.2) is 4.39 Å². The summed E-state index contributed by atoms with van der Waals surface area (Å²) in [5.74, 6) is 0.462. The highest BCUT2D eigenvalue weighted by Gasteiger charge is 2.32. The lowest BCUT2D eigenvalue weighted by atomic mass is 9.85. The minimum Gasteiger partial charge on any atom is -0.390 e. The second-order valence-corrected chi connectivity index (χ2v) is 7.71. The summed E-state index contributed by atoms with van der Waals surface area (Å²) in [5.41, 5.74) is 1.51. The van der Waals surface area contributed by atoms with Crippen molar-refractivity contribution in [1.82, 2.24) is 10.5 Å². The highest BCUT2D eigenvalue weighted by molar-refractivity contribution is 5.79. The van der Waals surface area contributed by atoms with Gasteiger partial charge >= 0.3 is 0 Å². The second-order valence-electron chi connectivity index (χ2n) is 7.71. The fourth-order valence-corrected chi connectivity index (χ4v) is 3.69. The Hall–Kier alpha value is -2.25. The van der Waals surface area contributed by atoms with E-state index in [0.717, 1.165) is 30.5 Å². The molecule has 7 heteroatoms. The number of hydrogen-bond acceptors (Lipinski definition) is 5. The van der Waals surface area contributed by atoms with Crippen LogP contribution >= 0.6 is 0 Å². The minimum atomic E-state index is -0.579. The molecule has 6 nitrogen and oxygen atoms in total. The summed E-state index contributed by atoms with van der Waals surface area (Å²) in [4.78, 5) is 12.0. The van der Waals surface area contributed by atoms with E-state index in [0.29, 0.717) is 31.6 Å². The van der Waals surface area contributed by atoms with Crippen LogP contribution in [0.5, 0.6) is 0 Å². The van der Waals surface area contributed by atoms with Gasteiger partial charge in [-0.1, -0.05) is 11.6 Å². The fourth-order valence-electron chi connectivity index (χ4n) is 3.69. The Kier molecular flexibility index (Phi) is 5.73. The van der Waals surface area contributed by atoms with Crippen LogP contribution in [-0.2, 0) is 16.0 Å². The molecule has 28 heavy (non-hydrogen) atoms. The highest BCUT2D eigenvalue weighted by Crippen LogP contribution is 2.27. The van der Waals surface area contributed by atoms with Crippen molar-refractivity contribution < 1.29 is 23.6 Å². The van der Waals surface area contributed by atoms with E-state index in [1.807, 2.05) is 6.07 Å². The number of hydrogen-bond donors (Lipinski definition) is 2. The number of nitrogens with one attached hydrogen (secondary N) is 1. The van der Waals surface area contributed by atoms with E-state index in [2.05, 4.69) is 10.5 Å². The average molecular weight is 388 g/mol. The zero-order valence-corrected chi connectivity index (χ0v) is 15.6. The number of rotatable bonds is 6. The molecule has 2 aromatic rings. The van der Waals surface area contributed by atoms with Crippen molar-refractivity contribution in [3.8, 4) is 11.3 Å². The van der Waals surface area contributed by atoms with Gasteiger partial charge in [0.05, 0.1) is 17.9 Å². The van der Waals surface area contributed by atoms with Gasteiger partial charge in [-0.05, 0) is 49.9 Å². The third-order valence-electron chi connectivity index (χ3n) is 5.66. The molecule has 1 aliphatic heterocycles. The van der Waals surface area contributed by atoms with E-state index >= 15 is 0 Å². The molecule has 1 saturated heterocycles. The maximum Gasteiger partial charge on any atom is 0.223 e. The van der Waals surface area contributed by atoms with Crippen LogP contribution in [0.25, 0.3) is 11.3 Å². The van der Waals surface area contributed by atoms with Gasteiger partial charge in [0.1, 0.15) is 11.9 Å². The van der Waals surface area contributed by atoms with E-state index < -0.39 is 12.2 Å². The predicted molar refractivity (Wildman–Crippen MR) is 99.9 cm³/mol. The molecule has 1 aromatic heterocycles. The number of halogens is 1. The van der Waals surface area contributed by atoms with Crippen molar-refractivity contribution in [3.63, 3.8) is 0 Å². The van der Waals surface area contributed by atoms with Crippen LogP contribution in [0.2, 0.25) is 0 Å². The summed E-state index contributed by atoms with van der Waals surface area (Å²) < 4.78 is 24.4. The van der Waals surface area contributed by atoms with Crippen molar-refractivity contribution >= 4 is 5.91 Å². The predicted octanol–water partition coefficient (Wildman–Crippen LogP) is 2.85. The van der Waals surface area contributed by atoms with E-state index in [4.69, 9.17) is 9.26 Å². The van der Waals surface area contributed by atoms with Gasteiger partial charge < -0.3 is 19.7 Å². The van der Waals surface area contributed by atoms with Gasteiger partial charge in [0, 0.05) is 30.5 Å². The maximum absolute atomic E-state index is 13.1. The Bertz CT molecular complexity index is 803. The van der Waals surface area contributed by atoms with Gasteiger partial charge in [-0.15, -0.1) is 0 Å². The quantitative estimate of drug-likeness (QED) is 0.795. The van der Waals surface area contributed by atoms with Crippen molar-refractivity contribution in [1.29, 1.82) is 0 Å².